The number of benzene rings is 1. The highest BCUT2D eigenvalue weighted by Crippen LogP contribution is 2.27. The molecule has 0 saturated carbocycles. The summed E-state index contributed by atoms with van der Waals surface area (Å²) in [6, 6.07) is 7.18. The Balaban J connectivity index is 1.71. The predicted molar refractivity (Wildman–Crippen MR) is 80.6 cm³/mol. The van der Waals surface area contributed by atoms with Gasteiger partial charge in [0.2, 0.25) is 0 Å². The summed E-state index contributed by atoms with van der Waals surface area (Å²) in [5, 5.41) is 12.2. The molecule has 1 atom stereocenters. The minimum absolute atomic E-state index is 0.00668. The van der Waals surface area contributed by atoms with Gasteiger partial charge in [-0.05, 0) is 25.0 Å². The van der Waals surface area contributed by atoms with E-state index < -0.39 is 5.97 Å². The largest absolute Gasteiger partial charge is 0.481 e. The van der Waals surface area contributed by atoms with Gasteiger partial charge in [-0.25, -0.2) is 9.78 Å². The average molecular weight is 305 g/mol. The number of hydrogen-bond donors (Lipinski definition) is 2. The number of carboxylic acids is 1. The summed E-state index contributed by atoms with van der Waals surface area (Å²) in [6.07, 6.45) is 1.57. The van der Waals surface area contributed by atoms with E-state index in [4.69, 9.17) is 5.11 Å². The van der Waals surface area contributed by atoms with Crippen LogP contribution in [-0.2, 0) is 4.79 Å². The normalized spacial score (nSPS) is 18.1. The van der Waals surface area contributed by atoms with Crippen LogP contribution in [0.5, 0.6) is 0 Å². The minimum Gasteiger partial charge on any atom is -0.481 e. The van der Waals surface area contributed by atoms with Crippen molar-refractivity contribution < 1.29 is 14.7 Å². The number of rotatable bonds is 3. The van der Waals surface area contributed by atoms with Gasteiger partial charge in [-0.3, -0.25) is 10.1 Å². The molecule has 0 radical (unpaired) electrons. The molecule has 2 aromatic rings. The van der Waals surface area contributed by atoms with Gasteiger partial charge in [0.15, 0.2) is 5.13 Å². The highest BCUT2D eigenvalue weighted by atomic mass is 32.1. The molecule has 0 bridgehead atoms. The lowest BCUT2D eigenvalue weighted by atomic mass is 10.1. The Labute approximate surface area is 125 Å². The van der Waals surface area contributed by atoms with Gasteiger partial charge in [0.25, 0.3) is 0 Å². The highest BCUT2D eigenvalue weighted by molar-refractivity contribution is 7.22. The van der Waals surface area contributed by atoms with Crippen molar-refractivity contribution in [1.82, 2.24) is 9.88 Å². The second-order valence-corrected chi connectivity index (χ2v) is 6.03. The van der Waals surface area contributed by atoms with E-state index in [9.17, 15) is 9.59 Å². The Morgan fingerprint density at radius 2 is 2.24 bits per heavy atom. The van der Waals surface area contributed by atoms with Gasteiger partial charge < -0.3 is 10.0 Å². The number of nitrogens with zero attached hydrogens (tertiary/aromatic N) is 2. The Bertz CT molecular complexity index is 652. The van der Waals surface area contributed by atoms with E-state index in [1.807, 2.05) is 24.3 Å². The lowest BCUT2D eigenvalue weighted by Crippen LogP contribution is -2.39. The number of nitrogens with one attached hydrogen (secondary N) is 1. The van der Waals surface area contributed by atoms with Gasteiger partial charge in [0.05, 0.1) is 16.6 Å². The number of hydrogen-bond acceptors (Lipinski definition) is 4. The van der Waals surface area contributed by atoms with Crippen LogP contribution in [0.15, 0.2) is 24.3 Å². The fourth-order valence-electron chi connectivity index (χ4n) is 2.61. The maximum Gasteiger partial charge on any atom is 0.323 e. The van der Waals surface area contributed by atoms with Gasteiger partial charge in [-0.15, -0.1) is 0 Å². The van der Waals surface area contributed by atoms with Crippen LogP contribution in [0, 0.1) is 0 Å². The minimum atomic E-state index is -0.875. The van der Waals surface area contributed by atoms with E-state index in [1.165, 1.54) is 11.3 Å². The van der Waals surface area contributed by atoms with E-state index in [0.717, 1.165) is 23.1 Å². The van der Waals surface area contributed by atoms with E-state index >= 15 is 0 Å². The molecule has 1 aromatic heterocycles. The summed E-state index contributed by atoms with van der Waals surface area (Å²) in [7, 11) is 0. The standard InChI is InChI=1S/C14H15N3O3S/c18-12(19)8-9-4-3-7-17(9)14(20)16-13-15-10-5-1-2-6-11(10)21-13/h1-2,5-6,9H,3-4,7-8H2,(H,18,19)(H,15,16,20). The molecule has 1 aliphatic heterocycles. The molecule has 110 valence electrons. The number of amides is 2. The summed E-state index contributed by atoms with van der Waals surface area (Å²) in [4.78, 5) is 29.1. The summed E-state index contributed by atoms with van der Waals surface area (Å²) in [5.41, 5.74) is 0.848. The third-order valence-electron chi connectivity index (χ3n) is 3.56. The van der Waals surface area contributed by atoms with Crippen LogP contribution in [0.4, 0.5) is 9.93 Å². The zero-order chi connectivity index (χ0) is 14.8. The molecular formula is C14H15N3O3S. The molecule has 2 heterocycles. The van der Waals surface area contributed by atoms with Gasteiger partial charge in [0.1, 0.15) is 0 Å². The molecule has 1 aromatic carbocycles. The van der Waals surface area contributed by atoms with Crippen LogP contribution in [-0.4, -0.2) is 39.6 Å². The summed E-state index contributed by atoms with van der Waals surface area (Å²) < 4.78 is 1.01. The summed E-state index contributed by atoms with van der Waals surface area (Å²) >= 11 is 1.41. The first-order valence-corrected chi connectivity index (χ1v) is 7.60. The molecule has 7 heteroatoms. The van der Waals surface area contributed by atoms with Crippen molar-refractivity contribution in [3.05, 3.63) is 24.3 Å². The number of aliphatic carboxylic acids is 1. The molecule has 1 fully saturated rings. The number of carboxylic acid groups (broad SMARTS) is 1. The topological polar surface area (TPSA) is 82.5 Å². The Morgan fingerprint density at radius 3 is 3.00 bits per heavy atom. The molecule has 0 spiro atoms. The number of aromatic nitrogens is 1. The first-order valence-electron chi connectivity index (χ1n) is 6.78. The number of likely N-dealkylation sites (tertiary alicyclic amines) is 1. The number of carbonyl (C=O) groups excluding carboxylic acids is 1. The van der Waals surface area contributed by atoms with Crippen LogP contribution in [0.2, 0.25) is 0 Å². The van der Waals surface area contributed by atoms with Crippen LogP contribution < -0.4 is 5.32 Å². The molecule has 0 aliphatic carbocycles. The van der Waals surface area contributed by atoms with Gasteiger partial charge >= 0.3 is 12.0 Å². The Hall–Kier alpha value is -2.15. The fourth-order valence-corrected chi connectivity index (χ4v) is 3.46. The van der Waals surface area contributed by atoms with Crippen LogP contribution in [0.3, 0.4) is 0 Å². The van der Waals surface area contributed by atoms with Crippen LogP contribution in [0.1, 0.15) is 19.3 Å². The third kappa shape index (κ3) is 2.97. The second-order valence-electron chi connectivity index (χ2n) is 5.00. The van der Waals surface area contributed by atoms with E-state index in [1.54, 1.807) is 4.90 Å². The van der Waals surface area contributed by atoms with Gasteiger partial charge in [-0.2, -0.15) is 0 Å². The monoisotopic (exact) mass is 305 g/mol. The molecule has 1 aliphatic rings. The number of thiazole rings is 1. The van der Waals surface area contributed by atoms with Crippen molar-refractivity contribution in [2.75, 3.05) is 11.9 Å². The van der Waals surface area contributed by atoms with Crippen molar-refractivity contribution in [3.8, 4) is 0 Å². The van der Waals surface area contributed by atoms with Crippen molar-refractivity contribution in [1.29, 1.82) is 0 Å². The van der Waals surface area contributed by atoms with Crippen molar-refractivity contribution >= 4 is 38.7 Å². The summed E-state index contributed by atoms with van der Waals surface area (Å²) in [5.74, 6) is -0.875. The molecule has 2 N–H and O–H groups in total. The molecule has 3 rings (SSSR count). The Kier molecular flexibility index (Phi) is 3.74. The zero-order valence-corrected chi connectivity index (χ0v) is 12.1. The molecular weight excluding hydrogens is 290 g/mol. The van der Waals surface area contributed by atoms with Crippen LogP contribution in [0.25, 0.3) is 10.2 Å². The number of fused-ring (bicyclic) bond motifs is 1. The molecule has 21 heavy (non-hydrogen) atoms. The smallest absolute Gasteiger partial charge is 0.323 e. The molecule has 6 nitrogen and oxygen atoms in total. The first-order chi connectivity index (χ1) is 10.1. The van der Waals surface area contributed by atoms with E-state index in [0.29, 0.717) is 11.7 Å². The molecule has 1 saturated heterocycles. The number of para-hydroxylation sites is 1. The maximum absolute atomic E-state index is 12.3. The molecule has 1 unspecified atom stereocenters. The van der Waals surface area contributed by atoms with Crippen molar-refractivity contribution in [2.45, 2.75) is 25.3 Å². The zero-order valence-electron chi connectivity index (χ0n) is 11.3. The quantitative estimate of drug-likeness (QED) is 0.913. The number of anilines is 1. The lowest BCUT2D eigenvalue weighted by Gasteiger charge is -2.23. The van der Waals surface area contributed by atoms with Crippen LogP contribution >= 0.6 is 11.3 Å². The number of urea groups is 1. The third-order valence-corrected chi connectivity index (χ3v) is 4.51. The Morgan fingerprint density at radius 1 is 1.43 bits per heavy atom. The second kappa shape index (κ2) is 5.69. The fraction of sp³-hybridized carbons (Fsp3) is 0.357. The maximum atomic E-state index is 12.3. The average Bonchev–Trinajstić information content (AvgIpc) is 3.03. The van der Waals surface area contributed by atoms with Gasteiger partial charge in [0, 0.05) is 12.6 Å². The van der Waals surface area contributed by atoms with Gasteiger partial charge in [-0.1, -0.05) is 23.5 Å². The predicted octanol–water partition coefficient (Wildman–Crippen LogP) is 2.77. The molecule has 2 amide bonds. The first kappa shape index (κ1) is 13.8. The lowest BCUT2D eigenvalue weighted by molar-refractivity contribution is -0.137. The number of carbonyl (C=O) groups is 2. The van der Waals surface area contributed by atoms with Crippen molar-refractivity contribution in [3.63, 3.8) is 0 Å². The summed E-state index contributed by atoms with van der Waals surface area (Å²) in [6.45, 7) is 0.592. The highest BCUT2D eigenvalue weighted by Gasteiger charge is 2.30. The van der Waals surface area contributed by atoms with E-state index in [-0.39, 0.29) is 18.5 Å². The van der Waals surface area contributed by atoms with E-state index in [2.05, 4.69) is 10.3 Å². The van der Waals surface area contributed by atoms with Crippen molar-refractivity contribution in [2.24, 2.45) is 0 Å². The SMILES string of the molecule is O=C(O)CC1CCCN1C(=O)Nc1nc2ccccc2s1.